The molecule has 5 nitrogen and oxygen atoms in total. The van der Waals surface area contributed by atoms with Gasteiger partial charge < -0.3 is 5.32 Å². The average Bonchev–Trinajstić information content (AvgIpc) is 2.55. The lowest BCUT2D eigenvalue weighted by atomic mass is 10.3. The van der Waals surface area contributed by atoms with Gasteiger partial charge in [0, 0.05) is 10.6 Å². The number of amides is 1. The van der Waals surface area contributed by atoms with E-state index in [1.54, 1.807) is 18.2 Å². The molecule has 0 aliphatic carbocycles. The van der Waals surface area contributed by atoms with Gasteiger partial charge >= 0.3 is 0 Å². The number of nitrogens with one attached hydrogen (secondary N) is 1. The SMILES string of the molecule is CSc1cccc(NC(=O)CN(c2cc(Cl)c(Cl)cc2Cl)S(C)(=O)=O)c1. The third kappa shape index (κ3) is 5.44. The van der Waals surface area contributed by atoms with Crippen molar-refractivity contribution in [2.75, 3.05) is 28.7 Å². The number of sulfonamides is 1. The second-order valence-corrected chi connectivity index (χ2v) is 9.28. The van der Waals surface area contributed by atoms with Crippen molar-refractivity contribution in [3.8, 4) is 0 Å². The fraction of sp³-hybridized carbons (Fsp3) is 0.188. The standard InChI is InChI=1S/C16H15Cl3N2O3S2/c1-25-11-5-3-4-10(6-11)20-16(22)9-21(26(2,23)24)15-8-13(18)12(17)7-14(15)19/h3-8H,9H2,1-2H3,(H,20,22). The van der Waals surface area contributed by atoms with Crippen LogP contribution in [0.1, 0.15) is 0 Å². The third-order valence-corrected chi connectivity index (χ3v) is 6.18. The maximum Gasteiger partial charge on any atom is 0.245 e. The first kappa shape index (κ1) is 21.2. The molecule has 0 spiro atoms. The first-order valence-corrected chi connectivity index (χ1v) is 11.4. The average molecular weight is 454 g/mol. The Bertz CT molecular complexity index is 936. The number of carbonyl (C=O) groups excluding carboxylic acids is 1. The van der Waals surface area contributed by atoms with Gasteiger partial charge in [-0.2, -0.15) is 0 Å². The summed E-state index contributed by atoms with van der Waals surface area (Å²) in [7, 11) is -3.79. The summed E-state index contributed by atoms with van der Waals surface area (Å²) >= 11 is 19.5. The molecule has 0 aromatic heterocycles. The van der Waals surface area contributed by atoms with E-state index in [2.05, 4.69) is 5.32 Å². The molecule has 0 unspecified atom stereocenters. The summed E-state index contributed by atoms with van der Waals surface area (Å²) in [5, 5.41) is 3.06. The molecule has 2 aromatic rings. The largest absolute Gasteiger partial charge is 0.324 e. The molecule has 2 rings (SSSR count). The minimum Gasteiger partial charge on any atom is -0.324 e. The molecule has 0 bridgehead atoms. The summed E-state index contributed by atoms with van der Waals surface area (Å²) < 4.78 is 25.2. The van der Waals surface area contributed by atoms with Gasteiger partial charge in [-0.15, -0.1) is 11.8 Å². The molecule has 0 aliphatic heterocycles. The van der Waals surface area contributed by atoms with E-state index in [9.17, 15) is 13.2 Å². The van der Waals surface area contributed by atoms with Crippen molar-refractivity contribution < 1.29 is 13.2 Å². The predicted octanol–water partition coefficient (Wildman–Crippen LogP) is 4.77. The van der Waals surface area contributed by atoms with E-state index in [0.29, 0.717) is 5.69 Å². The Morgan fingerprint density at radius 2 is 1.77 bits per heavy atom. The molecular weight excluding hydrogens is 439 g/mol. The van der Waals surface area contributed by atoms with Crippen LogP contribution in [0.3, 0.4) is 0 Å². The van der Waals surface area contributed by atoms with Gasteiger partial charge in [0.05, 0.1) is 27.0 Å². The van der Waals surface area contributed by atoms with Crippen LogP contribution in [0.5, 0.6) is 0 Å². The van der Waals surface area contributed by atoms with Gasteiger partial charge in [0.25, 0.3) is 0 Å². The van der Waals surface area contributed by atoms with Crippen LogP contribution in [0.15, 0.2) is 41.3 Å². The predicted molar refractivity (Wildman–Crippen MR) is 111 cm³/mol. The van der Waals surface area contributed by atoms with Gasteiger partial charge in [-0.25, -0.2) is 8.42 Å². The Kier molecular flexibility index (Phi) is 7.10. The number of carbonyl (C=O) groups is 1. The molecule has 0 heterocycles. The number of nitrogens with zero attached hydrogens (tertiary/aromatic N) is 1. The van der Waals surface area contributed by atoms with Gasteiger partial charge in [0.1, 0.15) is 6.54 Å². The molecule has 0 radical (unpaired) electrons. The highest BCUT2D eigenvalue weighted by molar-refractivity contribution is 7.98. The van der Waals surface area contributed by atoms with E-state index in [1.807, 2.05) is 12.3 Å². The second kappa shape index (κ2) is 8.71. The zero-order valence-corrected chi connectivity index (χ0v) is 17.7. The highest BCUT2D eigenvalue weighted by Gasteiger charge is 2.24. The van der Waals surface area contributed by atoms with Crippen molar-refractivity contribution in [2.45, 2.75) is 4.90 Å². The van der Waals surface area contributed by atoms with Crippen LogP contribution >= 0.6 is 46.6 Å². The van der Waals surface area contributed by atoms with Crippen molar-refractivity contribution in [3.63, 3.8) is 0 Å². The number of hydrogen-bond acceptors (Lipinski definition) is 4. The monoisotopic (exact) mass is 452 g/mol. The Morgan fingerprint density at radius 3 is 2.38 bits per heavy atom. The molecule has 0 atom stereocenters. The number of halogens is 3. The minimum atomic E-state index is -3.79. The molecule has 1 amide bonds. The van der Waals surface area contributed by atoms with Crippen LogP contribution in [0.25, 0.3) is 0 Å². The summed E-state index contributed by atoms with van der Waals surface area (Å²) in [5.74, 6) is -0.518. The Hall–Kier alpha value is -1.12. The van der Waals surface area contributed by atoms with Gasteiger partial charge in [-0.1, -0.05) is 40.9 Å². The number of anilines is 2. The van der Waals surface area contributed by atoms with E-state index in [1.165, 1.54) is 23.9 Å². The first-order valence-electron chi connectivity index (χ1n) is 7.18. The molecule has 140 valence electrons. The van der Waals surface area contributed by atoms with Crippen LogP contribution in [0.2, 0.25) is 15.1 Å². The normalized spacial score (nSPS) is 11.3. The Labute approximate surface area is 171 Å². The van der Waals surface area contributed by atoms with Crippen molar-refractivity contribution in [3.05, 3.63) is 51.5 Å². The maximum atomic E-state index is 12.4. The van der Waals surface area contributed by atoms with Crippen LogP contribution in [-0.4, -0.2) is 33.4 Å². The summed E-state index contributed by atoms with van der Waals surface area (Å²) in [6.45, 7) is -0.458. The van der Waals surface area contributed by atoms with E-state index in [-0.39, 0.29) is 20.8 Å². The molecule has 0 saturated carbocycles. The maximum absolute atomic E-state index is 12.4. The summed E-state index contributed by atoms with van der Waals surface area (Å²) in [6.07, 6.45) is 2.89. The Balaban J connectivity index is 2.29. The molecule has 1 N–H and O–H groups in total. The van der Waals surface area contributed by atoms with E-state index in [4.69, 9.17) is 34.8 Å². The van der Waals surface area contributed by atoms with Gasteiger partial charge in [-0.05, 0) is 36.6 Å². The summed E-state index contributed by atoms with van der Waals surface area (Å²) in [6, 6.07) is 9.85. The van der Waals surface area contributed by atoms with E-state index < -0.39 is 22.5 Å². The lowest BCUT2D eigenvalue weighted by Crippen LogP contribution is -2.37. The molecule has 26 heavy (non-hydrogen) atoms. The third-order valence-electron chi connectivity index (χ3n) is 3.30. The number of benzene rings is 2. The number of thioether (sulfide) groups is 1. The first-order chi connectivity index (χ1) is 12.1. The highest BCUT2D eigenvalue weighted by Crippen LogP contribution is 2.35. The van der Waals surface area contributed by atoms with Gasteiger partial charge in [0.15, 0.2) is 0 Å². The van der Waals surface area contributed by atoms with Crippen molar-refractivity contribution >= 4 is 73.9 Å². The van der Waals surface area contributed by atoms with Crippen molar-refractivity contribution in [1.29, 1.82) is 0 Å². The molecule has 0 aliphatic rings. The van der Waals surface area contributed by atoms with Crippen LogP contribution in [0.4, 0.5) is 11.4 Å². The fourth-order valence-corrected chi connectivity index (χ4v) is 4.13. The molecule has 0 fully saturated rings. The Morgan fingerprint density at radius 1 is 1.12 bits per heavy atom. The number of rotatable bonds is 6. The van der Waals surface area contributed by atoms with Gasteiger partial charge in [0.2, 0.25) is 15.9 Å². The molecule has 0 saturated heterocycles. The lowest BCUT2D eigenvalue weighted by molar-refractivity contribution is -0.114. The molecule has 10 heteroatoms. The zero-order chi connectivity index (χ0) is 19.5. The lowest BCUT2D eigenvalue weighted by Gasteiger charge is -2.23. The van der Waals surface area contributed by atoms with E-state index in [0.717, 1.165) is 15.5 Å². The van der Waals surface area contributed by atoms with Crippen molar-refractivity contribution in [1.82, 2.24) is 0 Å². The highest BCUT2D eigenvalue weighted by atomic mass is 35.5. The van der Waals surface area contributed by atoms with Crippen molar-refractivity contribution in [2.24, 2.45) is 0 Å². The summed E-state index contributed by atoms with van der Waals surface area (Å²) in [4.78, 5) is 13.3. The minimum absolute atomic E-state index is 0.0713. The summed E-state index contributed by atoms with van der Waals surface area (Å²) in [5.41, 5.74) is 0.645. The fourth-order valence-electron chi connectivity index (χ4n) is 2.12. The van der Waals surface area contributed by atoms with E-state index >= 15 is 0 Å². The smallest absolute Gasteiger partial charge is 0.245 e. The molecule has 2 aromatic carbocycles. The van der Waals surface area contributed by atoms with Gasteiger partial charge in [-0.3, -0.25) is 9.10 Å². The molecular formula is C16H15Cl3N2O3S2. The van der Waals surface area contributed by atoms with Crippen LogP contribution < -0.4 is 9.62 Å². The van der Waals surface area contributed by atoms with Crippen LogP contribution in [0, 0.1) is 0 Å². The number of hydrogen-bond donors (Lipinski definition) is 1. The zero-order valence-electron chi connectivity index (χ0n) is 13.8. The van der Waals surface area contributed by atoms with Crippen LogP contribution in [-0.2, 0) is 14.8 Å². The quantitative estimate of drug-likeness (QED) is 0.505. The topological polar surface area (TPSA) is 66.5 Å². The second-order valence-electron chi connectivity index (χ2n) is 5.27.